The molecule has 24 heteroatoms. The highest BCUT2D eigenvalue weighted by atomic mass is 32.2. The predicted octanol–water partition coefficient (Wildman–Crippen LogP) is 8.13. The Kier molecular flexibility index (Phi) is 12.2. The maximum absolute atomic E-state index is 12.5. The lowest BCUT2D eigenvalue weighted by molar-refractivity contribution is -0.434. The van der Waals surface area contributed by atoms with E-state index in [4.69, 9.17) is 9.44 Å². The Morgan fingerprint density at radius 3 is 1.96 bits per heavy atom. The molecule has 0 aliphatic carbocycles. The van der Waals surface area contributed by atoms with Gasteiger partial charge in [0.25, 0.3) is 15.8 Å². The largest absolute Gasteiger partial charge is 0.505 e. The zero-order chi connectivity index (χ0) is 39.0. The zero-order valence-electron chi connectivity index (χ0n) is 26.8. The van der Waals surface area contributed by atoms with Crippen LogP contribution in [-0.2, 0) is 33.5 Å². The number of azo groups is 3. The molecule has 5 rings (SSSR count). The highest BCUT2D eigenvalue weighted by Gasteiger charge is 2.17. The normalized spacial score (nSPS) is 12.4. The van der Waals surface area contributed by atoms with Crippen LogP contribution in [0.5, 0.6) is 17.2 Å². The summed E-state index contributed by atoms with van der Waals surface area (Å²) in [7, 11) is -8.43. The predicted molar refractivity (Wildman–Crippen MR) is 188 cm³/mol. The summed E-state index contributed by atoms with van der Waals surface area (Å²) in [6.45, 7) is -0.277. The van der Waals surface area contributed by atoms with Gasteiger partial charge in [0, 0.05) is 16.8 Å². The lowest BCUT2D eigenvalue weighted by Gasteiger charge is -2.07. The number of fused-ring (bicyclic) bond motifs is 1. The molecule has 0 aliphatic heterocycles. The molecule has 0 aromatic heterocycles. The van der Waals surface area contributed by atoms with Crippen LogP contribution in [0.4, 0.5) is 39.8 Å². The van der Waals surface area contributed by atoms with Gasteiger partial charge in [-0.2, -0.15) is 13.5 Å². The molecule has 5 N–H and O–H groups in total. The summed E-state index contributed by atoms with van der Waals surface area (Å²) in [4.78, 5) is 9.67. The molecule has 0 saturated heterocycles. The molecular formula is C30H23N7O14S3. The van der Waals surface area contributed by atoms with Crippen LogP contribution in [0.3, 0.4) is 0 Å². The molecule has 0 heterocycles. The number of sulfone groups is 1. The molecule has 5 aromatic rings. The molecule has 0 atom stereocenters. The van der Waals surface area contributed by atoms with Gasteiger partial charge in [0.1, 0.15) is 22.9 Å². The van der Waals surface area contributed by atoms with Gasteiger partial charge in [-0.1, -0.05) is 11.1 Å². The van der Waals surface area contributed by atoms with Crippen molar-refractivity contribution in [1.82, 2.24) is 0 Å². The van der Waals surface area contributed by atoms with E-state index in [1.54, 1.807) is 0 Å². The molecule has 280 valence electrons. The molecular weight excluding hydrogens is 779 g/mol. The van der Waals surface area contributed by atoms with Gasteiger partial charge in [0.2, 0.25) is 0 Å². The molecule has 0 aliphatic rings. The molecule has 0 fully saturated rings. The van der Waals surface area contributed by atoms with Crippen molar-refractivity contribution in [1.29, 1.82) is 0 Å². The van der Waals surface area contributed by atoms with Crippen LogP contribution in [0.2, 0.25) is 0 Å². The van der Waals surface area contributed by atoms with Crippen molar-refractivity contribution in [2.45, 2.75) is 9.79 Å². The third kappa shape index (κ3) is 9.51. The number of benzene rings is 5. The summed E-state index contributed by atoms with van der Waals surface area (Å²) in [5, 5.41) is 77.8. The fourth-order valence-electron chi connectivity index (χ4n) is 4.45. The first kappa shape index (κ1) is 39.2. The van der Waals surface area contributed by atoms with Crippen LogP contribution < -0.4 is 0 Å². The summed E-state index contributed by atoms with van der Waals surface area (Å²) in [5.74, 6) is -2.25. The summed E-state index contributed by atoms with van der Waals surface area (Å²) in [6, 6.07) is 17.1. The van der Waals surface area contributed by atoms with Crippen molar-refractivity contribution in [3.8, 4) is 17.2 Å². The standard InChI is InChI=1S/C30H23N7O14S3/c38-27-12-11-26(30(40)29(27)36-34-25-8-3-18(37(41)42)15-28(25)39)35-33-24-10-9-23(21-7-6-20(16-22(21)24)54(46,47)48)32-31-17-1-4-19(5-2-17)53(44,45)14-13-49-52-51-50-43/h1-12,15-16,38-40,43H,13-14H2,(H,46,47,48). The van der Waals surface area contributed by atoms with E-state index in [0.717, 1.165) is 36.4 Å². The van der Waals surface area contributed by atoms with Gasteiger partial charge in [0.15, 0.2) is 33.6 Å². The second-order valence-corrected chi connectivity index (χ2v) is 14.5. The van der Waals surface area contributed by atoms with E-state index in [1.807, 2.05) is 0 Å². The maximum atomic E-state index is 12.5. The molecule has 0 unspecified atom stereocenters. The van der Waals surface area contributed by atoms with Gasteiger partial charge in [-0.05, 0) is 66.7 Å². The number of rotatable bonds is 15. The van der Waals surface area contributed by atoms with Crippen LogP contribution in [-0.4, -0.2) is 59.2 Å². The molecule has 0 bridgehead atoms. The minimum Gasteiger partial charge on any atom is -0.505 e. The van der Waals surface area contributed by atoms with E-state index in [-0.39, 0.29) is 57.6 Å². The molecule has 0 amide bonds. The van der Waals surface area contributed by atoms with E-state index < -0.39 is 64.2 Å². The number of nitrogens with zero attached hydrogens (tertiary/aromatic N) is 7. The van der Waals surface area contributed by atoms with E-state index in [0.29, 0.717) is 5.39 Å². The smallest absolute Gasteiger partial charge is 0.294 e. The number of phenols is 3. The quantitative estimate of drug-likeness (QED) is 0.0127. The van der Waals surface area contributed by atoms with E-state index in [9.17, 15) is 46.8 Å². The fourth-order valence-corrected chi connectivity index (χ4v) is 6.37. The van der Waals surface area contributed by atoms with E-state index in [1.165, 1.54) is 48.5 Å². The summed E-state index contributed by atoms with van der Waals surface area (Å²) >= 11 is 0.242. The van der Waals surface area contributed by atoms with Crippen molar-refractivity contribution in [3.05, 3.63) is 95.0 Å². The second-order valence-electron chi connectivity index (χ2n) is 10.5. The van der Waals surface area contributed by atoms with Gasteiger partial charge >= 0.3 is 0 Å². The van der Waals surface area contributed by atoms with E-state index in [2.05, 4.69) is 40.1 Å². The number of nitro groups is 1. The average molecular weight is 802 g/mol. The van der Waals surface area contributed by atoms with Crippen molar-refractivity contribution in [2.24, 2.45) is 30.7 Å². The zero-order valence-corrected chi connectivity index (χ0v) is 29.2. The molecule has 54 heavy (non-hydrogen) atoms. The third-order valence-electron chi connectivity index (χ3n) is 7.05. The number of hydrogen-bond donors (Lipinski definition) is 5. The minimum atomic E-state index is -4.68. The Bertz CT molecular complexity index is 2530. The number of nitro benzene ring substituents is 1. The third-order valence-corrected chi connectivity index (χ3v) is 9.98. The van der Waals surface area contributed by atoms with Crippen molar-refractivity contribution in [3.63, 3.8) is 0 Å². The van der Waals surface area contributed by atoms with Crippen LogP contribution in [0.15, 0.2) is 125 Å². The van der Waals surface area contributed by atoms with E-state index >= 15 is 0 Å². The number of non-ortho nitro benzene ring substituents is 1. The Balaban J connectivity index is 1.43. The van der Waals surface area contributed by atoms with Gasteiger partial charge in [-0.25, -0.2) is 13.7 Å². The average Bonchev–Trinajstić information content (AvgIpc) is 3.13. The first-order chi connectivity index (χ1) is 25.7. The Hall–Kier alpha value is -5.99. The van der Waals surface area contributed by atoms with Crippen LogP contribution >= 0.6 is 12.3 Å². The molecule has 0 spiro atoms. The minimum absolute atomic E-state index is 0.0355. The Morgan fingerprint density at radius 2 is 1.30 bits per heavy atom. The molecule has 21 nitrogen and oxygen atoms in total. The Morgan fingerprint density at radius 1 is 0.685 bits per heavy atom. The maximum Gasteiger partial charge on any atom is 0.294 e. The number of aromatic hydroxyl groups is 3. The van der Waals surface area contributed by atoms with Crippen molar-refractivity contribution in [2.75, 3.05) is 12.4 Å². The molecule has 5 aromatic carbocycles. The monoisotopic (exact) mass is 801 g/mol. The highest BCUT2D eigenvalue weighted by Crippen LogP contribution is 2.45. The Labute approximate surface area is 307 Å². The highest BCUT2D eigenvalue weighted by molar-refractivity contribution is 7.91. The summed E-state index contributed by atoms with van der Waals surface area (Å²) in [5.41, 5.74) is -0.856. The fraction of sp³-hybridized carbons (Fsp3) is 0.0667. The van der Waals surface area contributed by atoms with Gasteiger partial charge in [0.05, 0.1) is 50.2 Å². The van der Waals surface area contributed by atoms with Gasteiger partial charge in [-0.15, -0.1) is 29.9 Å². The van der Waals surface area contributed by atoms with Crippen LogP contribution in [0.25, 0.3) is 10.8 Å². The van der Waals surface area contributed by atoms with Gasteiger partial charge in [-0.3, -0.25) is 18.9 Å². The molecule has 0 saturated carbocycles. The summed E-state index contributed by atoms with van der Waals surface area (Å²) < 4.78 is 67.5. The van der Waals surface area contributed by atoms with Crippen molar-refractivity contribution >= 4 is 82.9 Å². The van der Waals surface area contributed by atoms with Crippen LogP contribution in [0, 0.1) is 10.1 Å². The molecule has 0 radical (unpaired) electrons. The first-order valence-electron chi connectivity index (χ1n) is 14.6. The lowest BCUT2D eigenvalue weighted by atomic mass is 10.1. The number of phenolic OH excluding ortho intramolecular Hbond substituents is 3. The lowest BCUT2D eigenvalue weighted by Crippen LogP contribution is -2.10. The second kappa shape index (κ2) is 16.8. The first-order valence-corrected chi connectivity index (χ1v) is 18.3. The van der Waals surface area contributed by atoms with Crippen molar-refractivity contribution < 1.29 is 60.4 Å². The van der Waals surface area contributed by atoms with Gasteiger partial charge < -0.3 is 15.3 Å². The number of hydrogen-bond acceptors (Lipinski definition) is 20. The summed E-state index contributed by atoms with van der Waals surface area (Å²) in [6.07, 6.45) is 0. The topological polar surface area (TPSA) is 314 Å². The SMILES string of the molecule is O=[N+]([O-])c1ccc(N=Nc2c(O)ccc(N=Nc3ccc(N=Nc4ccc(S(=O)(=O)CCOSOOO)cc4)c4ccc(S(=O)(=O)O)cc34)c2O)c(O)c1. The van der Waals surface area contributed by atoms with Crippen LogP contribution in [0.1, 0.15) is 0 Å².